The molecule has 0 atom stereocenters. The van der Waals surface area contributed by atoms with Crippen LogP contribution < -0.4 is 5.32 Å². The summed E-state index contributed by atoms with van der Waals surface area (Å²) in [5.74, 6) is 0.580. The Kier molecular flexibility index (Phi) is 3.47. The summed E-state index contributed by atoms with van der Waals surface area (Å²) in [6.45, 7) is 6.52. The lowest BCUT2D eigenvalue weighted by Gasteiger charge is -2.23. The van der Waals surface area contributed by atoms with Crippen LogP contribution in [0.25, 0.3) is 0 Å². The van der Waals surface area contributed by atoms with Crippen LogP contribution in [0.2, 0.25) is 0 Å². The Balaban J connectivity index is 1.98. The van der Waals surface area contributed by atoms with E-state index in [-0.39, 0.29) is 17.1 Å². The molecule has 1 amide bonds. The van der Waals surface area contributed by atoms with Crippen LogP contribution in [0, 0.1) is 6.92 Å². The Hall–Kier alpha value is -1.69. The summed E-state index contributed by atoms with van der Waals surface area (Å²) >= 11 is 1.69. The molecule has 96 valence electrons. The molecule has 0 aliphatic carbocycles. The van der Waals surface area contributed by atoms with Crippen molar-refractivity contribution in [3.8, 4) is 0 Å². The minimum atomic E-state index is -0.246. The standard InChI is InChI=1S/C12H16N4OS/c1-8-14-10(16-15-8)11(17)13-7-12(2,3)9-5-4-6-18-9/h4-6H,7H2,1-3H3,(H,13,17)(H,14,15,16). The molecule has 18 heavy (non-hydrogen) atoms. The third-order valence-corrected chi connectivity index (χ3v) is 3.92. The number of aryl methyl sites for hydroxylation is 1. The number of H-pyrrole nitrogens is 1. The van der Waals surface area contributed by atoms with Crippen molar-refractivity contribution in [2.24, 2.45) is 0 Å². The average Bonchev–Trinajstić information content (AvgIpc) is 2.96. The van der Waals surface area contributed by atoms with Crippen molar-refractivity contribution in [1.29, 1.82) is 0 Å². The summed E-state index contributed by atoms with van der Waals surface area (Å²) in [6, 6.07) is 4.09. The van der Waals surface area contributed by atoms with E-state index in [0.29, 0.717) is 12.4 Å². The maximum absolute atomic E-state index is 11.8. The van der Waals surface area contributed by atoms with Crippen LogP contribution in [0.3, 0.4) is 0 Å². The largest absolute Gasteiger partial charge is 0.348 e. The second-order valence-electron chi connectivity index (χ2n) is 4.79. The van der Waals surface area contributed by atoms with E-state index in [1.165, 1.54) is 4.88 Å². The first kappa shape index (κ1) is 12.8. The van der Waals surface area contributed by atoms with E-state index in [2.05, 4.69) is 40.4 Å². The highest BCUT2D eigenvalue weighted by atomic mass is 32.1. The van der Waals surface area contributed by atoms with Gasteiger partial charge in [0.2, 0.25) is 5.82 Å². The Morgan fingerprint density at radius 2 is 2.33 bits per heavy atom. The summed E-state index contributed by atoms with van der Waals surface area (Å²) in [6.07, 6.45) is 0. The topological polar surface area (TPSA) is 70.7 Å². The first-order chi connectivity index (χ1) is 8.49. The van der Waals surface area contributed by atoms with Gasteiger partial charge in [0.25, 0.3) is 5.91 Å². The van der Waals surface area contributed by atoms with Gasteiger partial charge in [0.15, 0.2) is 0 Å². The van der Waals surface area contributed by atoms with Gasteiger partial charge in [-0.15, -0.1) is 16.4 Å². The molecule has 0 aliphatic rings. The summed E-state index contributed by atoms with van der Waals surface area (Å²) < 4.78 is 0. The van der Waals surface area contributed by atoms with Crippen molar-refractivity contribution >= 4 is 17.2 Å². The fourth-order valence-electron chi connectivity index (χ4n) is 1.58. The van der Waals surface area contributed by atoms with Gasteiger partial charge in [-0.05, 0) is 18.4 Å². The van der Waals surface area contributed by atoms with Crippen LogP contribution in [-0.4, -0.2) is 27.6 Å². The minimum absolute atomic E-state index is 0.0881. The average molecular weight is 264 g/mol. The molecule has 0 radical (unpaired) electrons. The van der Waals surface area contributed by atoms with E-state index in [9.17, 15) is 4.79 Å². The van der Waals surface area contributed by atoms with Gasteiger partial charge in [-0.2, -0.15) is 0 Å². The van der Waals surface area contributed by atoms with Crippen molar-refractivity contribution in [2.45, 2.75) is 26.2 Å². The molecule has 2 rings (SSSR count). The lowest BCUT2D eigenvalue weighted by Crippen LogP contribution is -2.36. The van der Waals surface area contributed by atoms with Gasteiger partial charge in [0.1, 0.15) is 5.82 Å². The van der Waals surface area contributed by atoms with Gasteiger partial charge in [0.05, 0.1) is 0 Å². The molecule has 6 heteroatoms. The summed E-state index contributed by atoms with van der Waals surface area (Å²) in [7, 11) is 0. The van der Waals surface area contributed by atoms with Gasteiger partial charge in [-0.1, -0.05) is 19.9 Å². The molecule has 0 bridgehead atoms. The molecule has 2 aromatic rings. The highest BCUT2D eigenvalue weighted by Crippen LogP contribution is 2.26. The normalized spacial score (nSPS) is 11.5. The molecule has 0 fully saturated rings. The molecule has 2 aromatic heterocycles. The van der Waals surface area contributed by atoms with E-state index in [1.54, 1.807) is 18.3 Å². The summed E-state index contributed by atoms with van der Waals surface area (Å²) in [5, 5.41) is 11.4. The van der Waals surface area contributed by atoms with E-state index < -0.39 is 0 Å². The maximum atomic E-state index is 11.8. The Bertz CT molecular complexity index is 530. The second kappa shape index (κ2) is 4.89. The fourth-order valence-corrected chi connectivity index (χ4v) is 2.43. The number of thiophene rings is 1. The lowest BCUT2D eigenvalue weighted by atomic mass is 9.91. The second-order valence-corrected chi connectivity index (χ2v) is 5.74. The van der Waals surface area contributed by atoms with E-state index in [0.717, 1.165) is 0 Å². The quantitative estimate of drug-likeness (QED) is 0.885. The minimum Gasteiger partial charge on any atom is -0.348 e. The number of hydrogen-bond acceptors (Lipinski definition) is 4. The van der Waals surface area contributed by atoms with Crippen molar-refractivity contribution in [3.63, 3.8) is 0 Å². The molecule has 0 aliphatic heterocycles. The maximum Gasteiger partial charge on any atom is 0.290 e. The van der Waals surface area contributed by atoms with Gasteiger partial charge in [0, 0.05) is 16.8 Å². The molecule has 0 spiro atoms. The highest BCUT2D eigenvalue weighted by Gasteiger charge is 2.23. The molecule has 2 N–H and O–H groups in total. The predicted octanol–water partition coefficient (Wildman–Crippen LogP) is 1.88. The SMILES string of the molecule is Cc1nc(C(=O)NCC(C)(C)c2cccs2)n[nH]1. The number of nitrogens with zero attached hydrogens (tertiary/aromatic N) is 2. The van der Waals surface area contributed by atoms with Crippen molar-refractivity contribution in [2.75, 3.05) is 6.54 Å². The number of hydrogen-bond donors (Lipinski definition) is 2. The monoisotopic (exact) mass is 264 g/mol. The zero-order valence-electron chi connectivity index (χ0n) is 10.7. The molecule has 2 heterocycles. The fraction of sp³-hybridized carbons (Fsp3) is 0.417. The van der Waals surface area contributed by atoms with Gasteiger partial charge >= 0.3 is 0 Å². The number of rotatable bonds is 4. The Labute approximate surface area is 110 Å². The zero-order valence-corrected chi connectivity index (χ0v) is 11.5. The summed E-state index contributed by atoms with van der Waals surface area (Å²) in [4.78, 5) is 17.1. The van der Waals surface area contributed by atoms with Gasteiger partial charge < -0.3 is 5.32 Å². The van der Waals surface area contributed by atoms with Gasteiger partial charge in [-0.3, -0.25) is 9.89 Å². The third-order valence-electron chi connectivity index (χ3n) is 2.68. The van der Waals surface area contributed by atoms with Gasteiger partial charge in [-0.25, -0.2) is 4.98 Å². The molecule has 0 aromatic carbocycles. The third kappa shape index (κ3) is 2.76. The van der Waals surface area contributed by atoms with Crippen LogP contribution in [0.4, 0.5) is 0 Å². The Morgan fingerprint density at radius 1 is 1.56 bits per heavy atom. The van der Waals surface area contributed by atoms with Crippen LogP contribution in [0.15, 0.2) is 17.5 Å². The number of aromatic nitrogens is 3. The summed E-state index contributed by atoms with van der Waals surface area (Å²) in [5.41, 5.74) is -0.0881. The first-order valence-corrected chi connectivity index (χ1v) is 6.58. The molecule has 0 saturated carbocycles. The number of amides is 1. The highest BCUT2D eigenvalue weighted by molar-refractivity contribution is 7.10. The number of carbonyl (C=O) groups excluding carboxylic acids is 1. The van der Waals surface area contributed by atoms with E-state index >= 15 is 0 Å². The van der Waals surface area contributed by atoms with E-state index in [4.69, 9.17) is 0 Å². The van der Waals surface area contributed by atoms with Crippen LogP contribution >= 0.6 is 11.3 Å². The smallest absolute Gasteiger partial charge is 0.290 e. The molecular formula is C12H16N4OS. The molecule has 0 unspecified atom stereocenters. The first-order valence-electron chi connectivity index (χ1n) is 5.70. The molecular weight excluding hydrogens is 248 g/mol. The molecule has 5 nitrogen and oxygen atoms in total. The van der Waals surface area contributed by atoms with Crippen LogP contribution in [-0.2, 0) is 5.41 Å². The zero-order chi connectivity index (χ0) is 13.2. The van der Waals surface area contributed by atoms with Crippen molar-refractivity contribution < 1.29 is 4.79 Å². The number of nitrogens with one attached hydrogen (secondary N) is 2. The van der Waals surface area contributed by atoms with Crippen LogP contribution in [0.5, 0.6) is 0 Å². The predicted molar refractivity (Wildman–Crippen MR) is 70.8 cm³/mol. The van der Waals surface area contributed by atoms with Crippen molar-refractivity contribution in [1.82, 2.24) is 20.5 Å². The lowest BCUT2D eigenvalue weighted by molar-refractivity contribution is 0.0936. The van der Waals surface area contributed by atoms with Crippen LogP contribution in [0.1, 0.15) is 35.2 Å². The number of aromatic amines is 1. The van der Waals surface area contributed by atoms with E-state index in [1.807, 2.05) is 11.4 Å². The molecule has 0 saturated heterocycles. The Morgan fingerprint density at radius 3 is 2.89 bits per heavy atom. The number of carbonyl (C=O) groups is 1. The van der Waals surface area contributed by atoms with Crippen molar-refractivity contribution in [3.05, 3.63) is 34.0 Å².